The molecule has 1 atom stereocenters. The highest BCUT2D eigenvalue weighted by Gasteiger charge is 2.33. The molecule has 0 heterocycles. The molecule has 0 spiro atoms. The number of carbonyl (C=O) groups is 2. The zero-order valence-corrected chi connectivity index (χ0v) is 24.0. The normalized spacial score (nSPS) is 12.1. The van der Waals surface area contributed by atoms with Crippen LogP contribution in [0.3, 0.4) is 0 Å². The first kappa shape index (κ1) is 28.8. The zero-order chi connectivity index (χ0) is 28.5. The molecule has 4 aromatic carbocycles. The zero-order valence-electron chi connectivity index (χ0n) is 24.0. The lowest BCUT2D eigenvalue weighted by Gasteiger charge is -2.35. The molecule has 206 valence electrons. The molecule has 2 amide bonds. The van der Waals surface area contributed by atoms with Gasteiger partial charge in [0, 0.05) is 30.8 Å². The molecule has 0 unspecified atom stereocenters. The first-order valence-corrected chi connectivity index (χ1v) is 14.0. The van der Waals surface area contributed by atoms with Crippen molar-refractivity contribution in [1.29, 1.82) is 0 Å². The van der Waals surface area contributed by atoms with Crippen molar-refractivity contribution in [3.63, 3.8) is 0 Å². The van der Waals surface area contributed by atoms with Gasteiger partial charge < -0.3 is 10.2 Å². The first-order chi connectivity index (χ1) is 19.2. The quantitative estimate of drug-likeness (QED) is 0.237. The number of hydrogen-bond acceptors (Lipinski definition) is 2. The van der Waals surface area contributed by atoms with Gasteiger partial charge in [-0.25, -0.2) is 0 Å². The molecule has 0 aromatic heterocycles. The summed E-state index contributed by atoms with van der Waals surface area (Å²) in [5.41, 5.74) is 4.90. The van der Waals surface area contributed by atoms with Gasteiger partial charge in [0.1, 0.15) is 6.04 Å². The maximum absolute atomic E-state index is 14.4. The fourth-order valence-electron chi connectivity index (χ4n) is 4.99. The summed E-state index contributed by atoms with van der Waals surface area (Å²) in [6.45, 7) is 8.31. The van der Waals surface area contributed by atoms with E-state index in [0.29, 0.717) is 13.0 Å². The molecular formula is C36H40N2O2. The van der Waals surface area contributed by atoms with Crippen LogP contribution in [-0.4, -0.2) is 28.3 Å². The van der Waals surface area contributed by atoms with Crippen molar-refractivity contribution in [1.82, 2.24) is 10.2 Å². The van der Waals surface area contributed by atoms with Crippen LogP contribution in [0.2, 0.25) is 0 Å². The van der Waals surface area contributed by atoms with E-state index in [0.717, 1.165) is 27.8 Å². The monoisotopic (exact) mass is 532 g/mol. The highest BCUT2D eigenvalue weighted by Crippen LogP contribution is 2.30. The highest BCUT2D eigenvalue weighted by molar-refractivity contribution is 5.89. The van der Waals surface area contributed by atoms with Crippen molar-refractivity contribution in [3.8, 4) is 0 Å². The lowest BCUT2D eigenvalue weighted by Crippen LogP contribution is -2.54. The summed E-state index contributed by atoms with van der Waals surface area (Å²) in [6.07, 6.45) is 0.690. The van der Waals surface area contributed by atoms with Crippen molar-refractivity contribution < 1.29 is 9.59 Å². The molecule has 4 heteroatoms. The second kappa shape index (κ2) is 13.3. The molecule has 4 aromatic rings. The van der Waals surface area contributed by atoms with Gasteiger partial charge in [-0.2, -0.15) is 0 Å². The Balaban J connectivity index is 1.74. The third-order valence-corrected chi connectivity index (χ3v) is 7.03. The predicted molar refractivity (Wildman–Crippen MR) is 163 cm³/mol. The lowest BCUT2D eigenvalue weighted by atomic mass is 9.87. The van der Waals surface area contributed by atoms with E-state index >= 15 is 0 Å². The molecule has 0 saturated carbocycles. The van der Waals surface area contributed by atoms with Crippen LogP contribution in [0.1, 0.15) is 60.9 Å². The van der Waals surface area contributed by atoms with Crippen molar-refractivity contribution in [2.75, 3.05) is 0 Å². The fourth-order valence-corrected chi connectivity index (χ4v) is 4.99. The number of carbonyl (C=O) groups excluding carboxylic acids is 2. The van der Waals surface area contributed by atoms with Gasteiger partial charge >= 0.3 is 0 Å². The summed E-state index contributed by atoms with van der Waals surface area (Å²) >= 11 is 0. The van der Waals surface area contributed by atoms with Crippen molar-refractivity contribution >= 4 is 11.8 Å². The molecule has 0 fully saturated rings. The molecule has 0 aliphatic heterocycles. The fraction of sp³-hybridized carbons (Fsp3) is 0.278. The Hall–Kier alpha value is -4.18. The average Bonchev–Trinajstić information content (AvgIpc) is 2.95. The Morgan fingerprint density at radius 3 is 1.70 bits per heavy atom. The van der Waals surface area contributed by atoms with E-state index in [1.165, 1.54) is 0 Å². The van der Waals surface area contributed by atoms with Gasteiger partial charge in [0.05, 0.1) is 0 Å². The minimum Gasteiger partial charge on any atom is -0.350 e. The summed E-state index contributed by atoms with van der Waals surface area (Å²) in [4.78, 5) is 30.1. The second-order valence-electron chi connectivity index (χ2n) is 11.5. The average molecular weight is 533 g/mol. The van der Waals surface area contributed by atoms with Gasteiger partial charge in [-0.3, -0.25) is 9.59 Å². The molecule has 4 nitrogen and oxygen atoms in total. The molecule has 0 radical (unpaired) electrons. The van der Waals surface area contributed by atoms with Crippen LogP contribution in [0, 0.1) is 6.92 Å². The van der Waals surface area contributed by atoms with Gasteiger partial charge in [0.15, 0.2) is 0 Å². The van der Waals surface area contributed by atoms with Gasteiger partial charge in [0.2, 0.25) is 11.8 Å². The molecule has 4 rings (SSSR count). The molecular weight excluding hydrogens is 492 g/mol. The third kappa shape index (κ3) is 8.16. The molecule has 0 aliphatic rings. The SMILES string of the molecule is Cc1ccc(CN(C(=O)CC(c2ccccc2)c2ccccc2)[C@H](Cc2ccccc2)C(=O)NC(C)(C)C)cc1. The summed E-state index contributed by atoms with van der Waals surface area (Å²) in [7, 11) is 0. The maximum Gasteiger partial charge on any atom is 0.243 e. The maximum atomic E-state index is 14.4. The van der Waals surface area contributed by atoms with Crippen molar-refractivity contribution in [3.05, 3.63) is 143 Å². The van der Waals surface area contributed by atoms with Crippen LogP contribution in [0.4, 0.5) is 0 Å². The molecule has 0 aliphatic carbocycles. The Labute approximate surface area is 239 Å². The van der Waals surface area contributed by atoms with Crippen LogP contribution < -0.4 is 5.32 Å². The van der Waals surface area contributed by atoms with Gasteiger partial charge in [-0.15, -0.1) is 0 Å². The van der Waals surface area contributed by atoms with E-state index in [9.17, 15) is 9.59 Å². The summed E-state index contributed by atoms with van der Waals surface area (Å²) in [6, 6.07) is 37.8. The lowest BCUT2D eigenvalue weighted by molar-refractivity contribution is -0.142. The molecule has 0 saturated heterocycles. The van der Waals surface area contributed by atoms with E-state index in [4.69, 9.17) is 0 Å². The summed E-state index contributed by atoms with van der Waals surface area (Å²) in [5.74, 6) is -0.325. The van der Waals surface area contributed by atoms with E-state index in [1.54, 1.807) is 4.90 Å². The third-order valence-electron chi connectivity index (χ3n) is 7.03. The van der Waals surface area contributed by atoms with Gasteiger partial charge in [-0.1, -0.05) is 121 Å². The topological polar surface area (TPSA) is 49.4 Å². The number of nitrogens with zero attached hydrogens (tertiary/aromatic N) is 1. The smallest absolute Gasteiger partial charge is 0.243 e. The Kier molecular flexibility index (Phi) is 9.55. The Morgan fingerprint density at radius 2 is 1.20 bits per heavy atom. The van der Waals surface area contributed by atoms with E-state index in [2.05, 4.69) is 41.7 Å². The minimum atomic E-state index is -0.664. The number of aryl methyl sites for hydroxylation is 1. The van der Waals surface area contributed by atoms with Crippen LogP contribution in [0.25, 0.3) is 0 Å². The standard InChI is InChI=1S/C36H40N2O2/c1-27-20-22-29(23-21-27)26-38(33(35(40)37-36(2,3)4)24-28-14-8-5-9-15-28)34(39)25-32(30-16-10-6-11-17-30)31-18-12-7-13-19-31/h5-23,32-33H,24-26H2,1-4H3,(H,37,40)/t33-/m1/s1. The number of hydrogen-bond donors (Lipinski definition) is 1. The Bertz CT molecular complexity index is 1320. The number of nitrogens with one attached hydrogen (secondary N) is 1. The van der Waals surface area contributed by atoms with Crippen molar-refractivity contribution in [2.24, 2.45) is 0 Å². The van der Waals surface area contributed by atoms with Crippen LogP contribution in [0.15, 0.2) is 115 Å². The first-order valence-electron chi connectivity index (χ1n) is 14.0. The number of benzene rings is 4. The minimum absolute atomic E-state index is 0.0525. The van der Waals surface area contributed by atoms with E-state index in [1.807, 2.05) is 107 Å². The summed E-state index contributed by atoms with van der Waals surface area (Å²) < 4.78 is 0. The second-order valence-corrected chi connectivity index (χ2v) is 11.5. The van der Waals surface area contributed by atoms with Crippen LogP contribution in [-0.2, 0) is 22.6 Å². The number of amides is 2. The molecule has 0 bridgehead atoms. The molecule has 40 heavy (non-hydrogen) atoms. The summed E-state index contributed by atoms with van der Waals surface area (Å²) in [5, 5.41) is 3.15. The highest BCUT2D eigenvalue weighted by atomic mass is 16.2. The molecule has 1 N–H and O–H groups in total. The van der Waals surface area contributed by atoms with E-state index < -0.39 is 11.6 Å². The van der Waals surface area contributed by atoms with E-state index in [-0.39, 0.29) is 24.2 Å². The predicted octanol–water partition coefficient (Wildman–Crippen LogP) is 7.07. The van der Waals surface area contributed by atoms with Gasteiger partial charge in [0.25, 0.3) is 0 Å². The largest absolute Gasteiger partial charge is 0.350 e. The van der Waals surface area contributed by atoms with Crippen LogP contribution >= 0.6 is 0 Å². The van der Waals surface area contributed by atoms with Crippen LogP contribution in [0.5, 0.6) is 0 Å². The number of rotatable bonds is 10. The van der Waals surface area contributed by atoms with Crippen molar-refractivity contribution in [2.45, 2.75) is 64.6 Å². The Morgan fingerprint density at radius 1 is 0.700 bits per heavy atom. The van der Waals surface area contributed by atoms with Gasteiger partial charge in [-0.05, 0) is 49.9 Å².